The van der Waals surface area contributed by atoms with Crippen LogP contribution in [0.2, 0.25) is 0 Å². The molecule has 4 aliphatic carbocycles. The van der Waals surface area contributed by atoms with Gasteiger partial charge in [-0.2, -0.15) is 0 Å². The molecule has 0 aromatic heterocycles. The fourth-order valence-corrected chi connectivity index (χ4v) is 6.62. The molecule has 2 N–H and O–H groups in total. The van der Waals surface area contributed by atoms with Crippen LogP contribution in [-0.4, -0.2) is 29.5 Å². The van der Waals surface area contributed by atoms with Crippen LogP contribution in [0.4, 0.5) is 5.69 Å². The van der Waals surface area contributed by atoms with E-state index in [0.29, 0.717) is 11.3 Å². The zero-order valence-electron chi connectivity index (χ0n) is 17.2. The maximum Gasteiger partial charge on any atom is 0.337 e. The van der Waals surface area contributed by atoms with Gasteiger partial charge in [0.1, 0.15) is 11.5 Å². The van der Waals surface area contributed by atoms with Crippen molar-refractivity contribution in [3.05, 3.63) is 53.1 Å². The normalized spacial score (nSPS) is 29.4. The number of hydrogen-bond donors (Lipinski definition) is 2. The summed E-state index contributed by atoms with van der Waals surface area (Å²) >= 11 is 0. The van der Waals surface area contributed by atoms with Crippen LogP contribution < -0.4 is 4.74 Å². The van der Waals surface area contributed by atoms with Crippen LogP contribution >= 0.6 is 0 Å². The molecule has 30 heavy (non-hydrogen) atoms. The van der Waals surface area contributed by atoms with Crippen molar-refractivity contribution in [2.75, 3.05) is 7.11 Å². The second kappa shape index (κ2) is 7.15. The number of ether oxygens (including phenoxy) is 1. The minimum absolute atomic E-state index is 0.0943. The number of carboxylic acids is 1. The van der Waals surface area contributed by atoms with Gasteiger partial charge in [0.25, 0.3) is 0 Å². The van der Waals surface area contributed by atoms with Gasteiger partial charge < -0.3 is 14.9 Å². The lowest BCUT2D eigenvalue weighted by Gasteiger charge is -2.57. The second-order valence-electron chi connectivity index (χ2n) is 9.39. The summed E-state index contributed by atoms with van der Waals surface area (Å²) in [7, 11) is 1.66. The standard InChI is InChI=1S/C25H27NO4/c1-30-23-10-22(27)18(14-26-21-5-3-2-4-19(21)24(28)29)9-20(23)25-11-15-6-16(12-25)8-17(7-15)13-25/h2-5,9-10,14-17,27H,6-8,11-13H2,1H3,(H,28,29). The molecule has 6 rings (SSSR count). The maximum absolute atomic E-state index is 11.5. The Morgan fingerprint density at radius 3 is 2.33 bits per heavy atom. The summed E-state index contributed by atoms with van der Waals surface area (Å²) in [6, 6.07) is 10.4. The van der Waals surface area contributed by atoms with Crippen molar-refractivity contribution in [2.45, 2.75) is 43.9 Å². The minimum atomic E-state index is -1.02. The maximum atomic E-state index is 11.5. The number of phenolic OH excluding ortho intramolecular Hbond substituents is 1. The van der Waals surface area contributed by atoms with Crippen molar-refractivity contribution in [3.8, 4) is 11.5 Å². The molecule has 4 aliphatic rings. The molecule has 156 valence electrons. The van der Waals surface area contributed by atoms with Gasteiger partial charge in [-0.25, -0.2) is 4.79 Å². The van der Waals surface area contributed by atoms with Gasteiger partial charge in [0, 0.05) is 23.4 Å². The monoisotopic (exact) mass is 405 g/mol. The summed E-state index contributed by atoms with van der Waals surface area (Å²) in [5, 5.41) is 20.0. The highest BCUT2D eigenvalue weighted by Crippen LogP contribution is 2.62. The molecule has 5 nitrogen and oxygen atoms in total. The third-order valence-corrected chi connectivity index (χ3v) is 7.44. The highest BCUT2D eigenvalue weighted by Gasteiger charge is 2.52. The van der Waals surface area contributed by atoms with Gasteiger partial charge >= 0.3 is 5.97 Å². The lowest BCUT2D eigenvalue weighted by atomic mass is 9.48. The highest BCUT2D eigenvalue weighted by molar-refractivity contribution is 5.95. The van der Waals surface area contributed by atoms with E-state index >= 15 is 0 Å². The van der Waals surface area contributed by atoms with Crippen molar-refractivity contribution in [1.29, 1.82) is 0 Å². The van der Waals surface area contributed by atoms with Gasteiger partial charge in [0.05, 0.1) is 18.4 Å². The van der Waals surface area contributed by atoms with Crippen molar-refractivity contribution in [2.24, 2.45) is 22.7 Å². The summed E-state index contributed by atoms with van der Waals surface area (Å²) < 4.78 is 5.70. The number of carbonyl (C=O) groups is 1. The Balaban J connectivity index is 1.55. The number of hydrogen-bond acceptors (Lipinski definition) is 4. The van der Waals surface area contributed by atoms with E-state index in [0.717, 1.165) is 23.5 Å². The SMILES string of the molecule is COc1cc(O)c(C=Nc2ccccc2C(=O)O)cc1C12CC3CC(CC(C3)C1)C2. The van der Waals surface area contributed by atoms with Crippen LogP contribution in [0.3, 0.4) is 0 Å². The molecule has 4 fully saturated rings. The molecule has 4 bridgehead atoms. The predicted octanol–water partition coefficient (Wildman–Crippen LogP) is 5.32. The first kappa shape index (κ1) is 19.2. The third-order valence-electron chi connectivity index (χ3n) is 7.44. The summed E-state index contributed by atoms with van der Waals surface area (Å²) in [4.78, 5) is 15.9. The van der Waals surface area contributed by atoms with E-state index in [1.165, 1.54) is 50.2 Å². The molecule has 2 aromatic carbocycles. The molecule has 0 saturated heterocycles. The molecule has 0 heterocycles. The number of aromatic hydroxyl groups is 1. The van der Waals surface area contributed by atoms with Crippen molar-refractivity contribution < 1.29 is 19.7 Å². The Morgan fingerprint density at radius 2 is 1.73 bits per heavy atom. The average molecular weight is 405 g/mol. The van der Waals surface area contributed by atoms with Crippen LogP contribution in [0.1, 0.15) is 60.0 Å². The number of aromatic carboxylic acids is 1. The summed E-state index contributed by atoms with van der Waals surface area (Å²) in [6.07, 6.45) is 9.23. The van der Waals surface area contributed by atoms with E-state index in [9.17, 15) is 15.0 Å². The van der Waals surface area contributed by atoms with Crippen LogP contribution in [-0.2, 0) is 5.41 Å². The van der Waals surface area contributed by atoms with Crippen LogP contribution in [0.15, 0.2) is 41.4 Å². The number of para-hydroxylation sites is 1. The fourth-order valence-electron chi connectivity index (χ4n) is 6.62. The molecule has 4 saturated carbocycles. The molecule has 0 radical (unpaired) electrons. The predicted molar refractivity (Wildman–Crippen MR) is 115 cm³/mol. The molecule has 0 amide bonds. The highest BCUT2D eigenvalue weighted by atomic mass is 16.5. The number of carboxylic acid groups (broad SMARTS) is 1. The Labute approximate surface area is 176 Å². The number of nitrogens with zero attached hydrogens (tertiary/aromatic N) is 1. The largest absolute Gasteiger partial charge is 0.507 e. The first-order valence-corrected chi connectivity index (χ1v) is 10.8. The Kier molecular flexibility index (Phi) is 4.57. The molecular weight excluding hydrogens is 378 g/mol. The molecule has 0 aliphatic heterocycles. The third kappa shape index (κ3) is 3.17. The van der Waals surface area contributed by atoms with E-state index in [1.807, 2.05) is 6.07 Å². The number of methoxy groups -OCH3 is 1. The number of aliphatic imine (C=N–C) groups is 1. The van der Waals surface area contributed by atoms with E-state index in [2.05, 4.69) is 4.99 Å². The first-order chi connectivity index (χ1) is 14.5. The van der Waals surface area contributed by atoms with Crippen LogP contribution in [0.5, 0.6) is 11.5 Å². The second-order valence-corrected chi connectivity index (χ2v) is 9.39. The smallest absolute Gasteiger partial charge is 0.337 e. The van der Waals surface area contributed by atoms with Crippen molar-refractivity contribution in [3.63, 3.8) is 0 Å². The minimum Gasteiger partial charge on any atom is -0.507 e. The topological polar surface area (TPSA) is 79.1 Å². The van der Waals surface area contributed by atoms with Crippen LogP contribution in [0, 0.1) is 17.8 Å². The van der Waals surface area contributed by atoms with E-state index in [4.69, 9.17) is 4.74 Å². The molecule has 5 heteroatoms. The number of phenols is 1. The van der Waals surface area contributed by atoms with Crippen molar-refractivity contribution in [1.82, 2.24) is 0 Å². The van der Waals surface area contributed by atoms with Crippen LogP contribution in [0.25, 0.3) is 0 Å². The lowest BCUT2D eigenvalue weighted by molar-refractivity contribution is -0.00618. The molecular formula is C25H27NO4. The number of rotatable bonds is 5. The first-order valence-electron chi connectivity index (χ1n) is 10.8. The quantitative estimate of drug-likeness (QED) is 0.660. The Morgan fingerprint density at radius 1 is 1.10 bits per heavy atom. The summed E-state index contributed by atoms with van der Waals surface area (Å²) in [5.74, 6) is 2.23. The molecule has 0 unspecified atom stereocenters. The van der Waals surface area contributed by atoms with Gasteiger partial charge in [0.2, 0.25) is 0 Å². The van der Waals surface area contributed by atoms with Gasteiger partial charge in [0.15, 0.2) is 0 Å². The van der Waals surface area contributed by atoms with Gasteiger partial charge in [-0.15, -0.1) is 0 Å². The molecule has 0 spiro atoms. The van der Waals surface area contributed by atoms with Gasteiger partial charge in [-0.1, -0.05) is 12.1 Å². The fraction of sp³-hybridized carbons (Fsp3) is 0.440. The Hall–Kier alpha value is -2.82. The molecule has 0 atom stereocenters. The van der Waals surface area contributed by atoms with E-state index in [1.54, 1.807) is 37.6 Å². The number of benzene rings is 2. The van der Waals surface area contributed by atoms with Crippen molar-refractivity contribution >= 4 is 17.9 Å². The van der Waals surface area contributed by atoms with E-state index in [-0.39, 0.29) is 16.7 Å². The van der Waals surface area contributed by atoms with Gasteiger partial charge in [-0.05, 0) is 79.9 Å². The Bertz CT molecular complexity index is 991. The zero-order chi connectivity index (χ0) is 20.9. The molecule has 2 aromatic rings. The summed E-state index contributed by atoms with van der Waals surface area (Å²) in [6.45, 7) is 0. The van der Waals surface area contributed by atoms with Gasteiger partial charge in [-0.3, -0.25) is 4.99 Å². The average Bonchev–Trinajstić information content (AvgIpc) is 2.71. The lowest BCUT2D eigenvalue weighted by Crippen LogP contribution is -2.48. The summed E-state index contributed by atoms with van der Waals surface area (Å²) in [5.41, 5.74) is 2.41. The van der Waals surface area contributed by atoms with E-state index < -0.39 is 5.97 Å². The zero-order valence-corrected chi connectivity index (χ0v) is 17.2.